The van der Waals surface area contributed by atoms with E-state index in [1.807, 2.05) is 29.3 Å². The predicted molar refractivity (Wildman–Crippen MR) is 78.0 cm³/mol. The molecule has 1 aliphatic heterocycles. The highest BCUT2D eigenvalue weighted by atomic mass is 16.4. The van der Waals surface area contributed by atoms with E-state index in [0.717, 1.165) is 18.5 Å². The molecule has 2 heterocycles. The van der Waals surface area contributed by atoms with Crippen LogP contribution in [0.4, 0.5) is 0 Å². The zero-order chi connectivity index (χ0) is 14.8. The summed E-state index contributed by atoms with van der Waals surface area (Å²) < 4.78 is 0. The van der Waals surface area contributed by atoms with E-state index < -0.39 is 5.97 Å². The van der Waals surface area contributed by atoms with Gasteiger partial charge in [-0.15, -0.1) is 0 Å². The summed E-state index contributed by atoms with van der Waals surface area (Å²) in [5, 5.41) is 12.2. The summed E-state index contributed by atoms with van der Waals surface area (Å²) in [6, 6.07) is 7.96. The first-order valence-electron chi connectivity index (χ1n) is 6.93. The smallest absolute Gasteiger partial charge is 0.322 e. The van der Waals surface area contributed by atoms with Gasteiger partial charge < -0.3 is 15.4 Å². The molecule has 1 fully saturated rings. The van der Waals surface area contributed by atoms with Gasteiger partial charge in [0.15, 0.2) is 0 Å². The van der Waals surface area contributed by atoms with E-state index in [0.29, 0.717) is 6.54 Å². The van der Waals surface area contributed by atoms with Gasteiger partial charge in [0.1, 0.15) is 12.6 Å². The average molecular weight is 287 g/mol. The highest BCUT2D eigenvalue weighted by Crippen LogP contribution is 2.22. The molecule has 3 rings (SSSR count). The minimum atomic E-state index is -1.02. The number of hydrogen-bond donors (Lipinski definition) is 3. The van der Waals surface area contributed by atoms with Gasteiger partial charge in [-0.05, 0) is 18.1 Å². The first-order valence-corrected chi connectivity index (χ1v) is 6.93. The lowest BCUT2D eigenvalue weighted by Gasteiger charge is -2.04. The van der Waals surface area contributed by atoms with Gasteiger partial charge in [-0.25, -0.2) is 0 Å². The number of fused-ring (bicyclic) bond motifs is 1. The number of aromatic nitrogens is 1. The number of para-hydroxylation sites is 1. The van der Waals surface area contributed by atoms with Gasteiger partial charge in [0, 0.05) is 30.2 Å². The lowest BCUT2D eigenvalue weighted by molar-refractivity contribution is -0.137. The van der Waals surface area contributed by atoms with Crippen LogP contribution in [0, 0.1) is 0 Å². The van der Waals surface area contributed by atoms with Gasteiger partial charge in [-0.3, -0.25) is 14.5 Å². The number of aliphatic carboxylic acids is 1. The molecule has 0 spiro atoms. The topological polar surface area (TPSA) is 85.2 Å². The molecule has 3 N–H and O–H groups in total. The number of amides is 1. The number of nitrogens with zero attached hydrogens (tertiary/aromatic N) is 1. The van der Waals surface area contributed by atoms with Gasteiger partial charge in [-0.1, -0.05) is 18.2 Å². The maximum absolute atomic E-state index is 11.7. The van der Waals surface area contributed by atoms with Crippen molar-refractivity contribution in [3.05, 3.63) is 36.0 Å². The van der Waals surface area contributed by atoms with Crippen molar-refractivity contribution in [2.24, 2.45) is 0 Å². The number of carbonyl (C=O) groups excluding carboxylic acids is 1. The monoisotopic (exact) mass is 287 g/mol. The largest absolute Gasteiger partial charge is 0.480 e. The molecule has 1 aromatic heterocycles. The van der Waals surface area contributed by atoms with Gasteiger partial charge in [0.05, 0.1) is 0 Å². The van der Waals surface area contributed by atoms with Crippen LogP contribution in [0.2, 0.25) is 0 Å². The summed E-state index contributed by atoms with van der Waals surface area (Å²) in [5.41, 5.74) is 2.36. The van der Waals surface area contributed by atoms with Crippen LogP contribution >= 0.6 is 0 Å². The first kappa shape index (κ1) is 13.6. The lowest BCUT2D eigenvalue weighted by Crippen LogP contribution is -2.34. The number of carboxylic acid groups (broad SMARTS) is 1. The second kappa shape index (κ2) is 5.57. The second-order valence-corrected chi connectivity index (χ2v) is 5.23. The normalized spacial score (nSPS) is 20.4. The molecule has 1 amide bonds. The fourth-order valence-electron chi connectivity index (χ4n) is 2.55. The first-order chi connectivity index (χ1) is 10.1. The van der Waals surface area contributed by atoms with E-state index in [9.17, 15) is 9.59 Å². The third-order valence-corrected chi connectivity index (χ3v) is 3.77. The summed E-state index contributed by atoms with van der Waals surface area (Å²) in [5.74, 6) is -1.22. The zero-order valence-corrected chi connectivity index (χ0v) is 11.5. The van der Waals surface area contributed by atoms with Gasteiger partial charge in [-0.2, -0.15) is 0 Å². The number of carboxylic acids is 1. The third-order valence-electron chi connectivity index (χ3n) is 3.77. The summed E-state index contributed by atoms with van der Waals surface area (Å²) in [4.78, 5) is 27.4. The molecule has 0 aliphatic carbocycles. The van der Waals surface area contributed by atoms with E-state index in [1.165, 1.54) is 10.9 Å². The SMILES string of the molecule is O=C(O)CNC(=O)C1CN1CCc1c[nH]c2ccccc12. The van der Waals surface area contributed by atoms with Gasteiger partial charge in [0.25, 0.3) is 0 Å². The van der Waals surface area contributed by atoms with Crippen molar-refractivity contribution in [3.63, 3.8) is 0 Å². The molecule has 1 aromatic carbocycles. The maximum Gasteiger partial charge on any atom is 0.322 e. The highest BCUT2D eigenvalue weighted by molar-refractivity contribution is 5.87. The fraction of sp³-hybridized carbons (Fsp3) is 0.333. The van der Waals surface area contributed by atoms with Crippen molar-refractivity contribution in [3.8, 4) is 0 Å². The standard InChI is InChI=1S/C15H17N3O3/c19-14(20)8-17-15(21)13-9-18(13)6-5-10-7-16-12-4-2-1-3-11(10)12/h1-4,7,13,16H,5-6,8-9H2,(H,17,21)(H,19,20). The Morgan fingerprint density at radius 2 is 2.19 bits per heavy atom. The number of aromatic amines is 1. The molecule has 2 aromatic rings. The second-order valence-electron chi connectivity index (χ2n) is 5.23. The van der Waals surface area contributed by atoms with Crippen LogP contribution in [0.5, 0.6) is 0 Å². The third kappa shape index (κ3) is 3.05. The minimum Gasteiger partial charge on any atom is -0.480 e. The Kier molecular flexibility index (Phi) is 3.62. The number of benzene rings is 1. The predicted octanol–water partition coefficient (Wildman–Crippen LogP) is 0.595. The van der Waals surface area contributed by atoms with E-state index >= 15 is 0 Å². The molecule has 1 aliphatic rings. The van der Waals surface area contributed by atoms with Crippen molar-refractivity contribution in [1.29, 1.82) is 0 Å². The molecule has 0 bridgehead atoms. The Morgan fingerprint density at radius 3 is 3.00 bits per heavy atom. The molecule has 110 valence electrons. The summed E-state index contributed by atoms with van der Waals surface area (Å²) in [6.45, 7) is 1.19. The van der Waals surface area contributed by atoms with E-state index in [4.69, 9.17) is 5.11 Å². The lowest BCUT2D eigenvalue weighted by atomic mass is 10.1. The number of rotatable bonds is 6. The molecule has 6 nitrogen and oxygen atoms in total. The molecule has 1 saturated heterocycles. The van der Waals surface area contributed by atoms with Gasteiger partial charge >= 0.3 is 5.97 Å². The van der Waals surface area contributed by atoms with Crippen molar-refractivity contribution in [1.82, 2.24) is 15.2 Å². The number of hydrogen-bond acceptors (Lipinski definition) is 3. The Hall–Kier alpha value is -2.34. The molecule has 6 heteroatoms. The van der Waals surface area contributed by atoms with Crippen molar-refractivity contribution in [2.75, 3.05) is 19.6 Å². The zero-order valence-electron chi connectivity index (χ0n) is 11.5. The Balaban J connectivity index is 1.51. The van der Waals surface area contributed by atoms with E-state index in [2.05, 4.69) is 16.4 Å². The van der Waals surface area contributed by atoms with Crippen LogP contribution < -0.4 is 5.32 Å². The molecular formula is C15H17N3O3. The molecule has 0 saturated carbocycles. The number of H-pyrrole nitrogens is 1. The quantitative estimate of drug-likeness (QED) is 0.679. The molecule has 2 unspecified atom stereocenters. The van der Waals surface area contributed by atoms with Crippen LogP contribution in [-0.2, 0) is 16.0 Å². The Bertz CT molecular complexity index is 680. The molecule has 2 atom stereocenters. The van der Waals surface area contributed by atoms with Crippen molar-refractivity contribution >= 4 is 22.8 Å². The van der Waals surface area contributed by atoms with Crippen LogP contribution in [-0.4, -0.2) is 52.5 Å². The maximum atomic E-state index is 11.7. The van der Waals surface area contributed by atoms with Crippen LogP contribution in [0.3, 0.4) is 0 Å². The van der Waals surface area contributed by atoms with Crippen molar-refractivity contribution < 1.29 is 14.7 Å². The number of carbonyl (C=O) groups is 2. The highest BCUT2D eigenvalue weighted by Gasteiger charge is 2.39. The van der Waals surface area contributed by atoms with Crippen LogP contribution in [0.25, 0.3) is 10.9 Å². The minimum absolute atomic E-state index is 0.172. The number of nitrogens with one attached hydrogen (secondary N) is 2. The van der Waals surface area contributed by atoms with Crippen LogP contribution in [0.15, 0.2) is 30.5 Å². The fourth-order valence-corrected chi connectivity index (χ4v) is 2.55. The summed E-state index contributed by atoms with van der Waals surface area (Å²) in [7, 11) is 0. The van der Waals surface area contributed by atoms with Crippen molar-refractivity contribution in [2.45, 2.75) is 12.5 Å². The molecule has 0 radical (unpaired) electrons. The Morgan fingerprint density at radius 1 is 1.38 bits per heavy atom. The van der Waals surface area contributed by atoms with Gasteiger partial charge in [0.2, 0.25) is 5.91 Å². The molecule has 21 heavy (non-hydrogen) atoms. The summed E-state index contributed by atoms with van der Waals surface area (Å²) >= 11 is 0. The summed E-state index contributed by atoms with van der Waals surface area (Å²) in [6.07, 6.45) is 2.88. The molecular weight excluding hydrogens is 270 g/mol. The van der Waals surface area contributed by atoms with Crippen LogP contribution in [0.1, 0.15) is 5.56 Å². The Labute approximate surface area is 121 Å². The van der Waals surface area contributed by atoms with E-state index in [-0.39, 0.29) is 18.5 Å². The van der Waals surface area contributed by atoms with E-state index in [1.54, 1.807) is 0 Å². The average Bonchev–Trinajstić information content (AvgIpc) is 3.14.